The van der Waals surface area contributed by atoms with Crippen LogP contribution in [0.2, 0.25) is 0 Å². The van der Waals surface area contributed by atoms with Crippen LogP contribution in [0.1, 0.15) is 58.2 Å². The molecule has 1 aromatic rings. The summed E-state index contributed by atoms with van der Waals surface area (Å²) in [7, 11) is 0. The van der Waals surface area contributed by atoms with Crippen molar-refractivity contribution in [3.05, 3.63) is 11.7 Å². The summed E-state index contributed by atoms with van der Waals surface area (Å²) in [5.74, 6) is 2.25. The van der Waals surface area contributed by atoms with Crippen LogP contribution in [-0.4, -0.2) is 51.0 Å². The van der Waals surface area contributed by atoms with E-state index in [9.17, 15) is 4.79 Å². The predicted molar refractivity (Wildman–Crippen MR) is 86.7 cm³/mol. The molecule has 0 radical (unpaired) electrons. The van der Waals surface area contributed by atoms with E-state index in [1.165, 1.54) is 6.42 Å². The molecule has 2 atom stereocenters. The molecular formula is C17H28N4O2. The van der Waals surface area contributed by atoms with Crippen molar-refractivity contribution >= 4 is 5.91 Å². The molecule has 3 rings (SSSR count). The van der Waals surface area contributed by atoms with Gasteiger partial charge in [-0.3, -0.25) is 9.69 Å². The second kappa shape index (κ2) is 6.99. The quantitative estimate of drug-likeness (QED) is 0.832. The molecule has 0 bridgehead atoms. The fourth-order valence-corrected chi connectivity index (χ4v) is 4.04. The van der Waals surface area contributed by atoms with Crippen LogP contribution in [0.5, 0.6) is 0 Å². The van der Waals surface area contributed by atoms with Crippen LogP contribution in [0.4, 0.5) is 0 Å². The van der Waals surface area contributed by atoms with Crippen molar-refractivity contribution in [2.75, 3.05) is 13.1 Å². The molecule has 2 aliphatic rings. The molecule has 2 saturated heterocycles. The van der Waals surface area contributed by atoms with Gasteiger partial charge in [0.05, 0.1) is 6.54 Å². The number of likely N-dealkylation sites (tertiary alicyclic amines) is 2. The van der Waals surface area contributed by atoms with Crippen molar-refractivity contribution in [3.63, 3.8) is 0 Å². The Morgan fingerprint density at radius 3 is 2.74 bits per heavy atom. The number of hydrogen-bond acceptors (Lipinski definition) is 5. The van der Waals surface area contributed by atoms with E-state index in [4.69, 9.17) is 4.52 Å². The average molecular weight is 320 g/mol. The third kappa shape index (κ3) is 3.74. The first-order valence-electron chi connectivity index (χ1n) is 8.87. The van der Waals surface area contributed by atoms with Crippen LogP contribution in [0.3, 0.4) is 0 Å². The molecule has 23 heavy (non-hydrogen) atoms. The summed E-state index contributed by atoms with van der Waals surface area (Å²) < 4.78 is 5.43. The fourth-order valence-electron chi connectivity index (χ4n) is 4.04. The molecule has 0 saturated carbocycles. The zero-order valence-electron chi connectivity index (χ0n) is 14.5. The smallest absolute Gasteiger partial charge is 0.240 e. The summed E-state index contributed by atoms with van der Waals surface area (Å²) in [6.45, 7) is 8.66. The first-order valence-corrected chi connectivity index (χ1v) is 8.87. The maximum absolute atomic E-state index is 11.9. The van der Waals surface area contributed by atoms with E-state index >= 15 is 0 Å². The molecule has 3 heterocycles. The van der Waals surface area contributed by atoms with Crippen molar-refractivity contribution in [2.24, 2.45) is 5.92 Å². The molecule has 0 unspecified atom stereocenters. The van der Waals surface area contributed by atoms with Gasteiger partial charge in [0, 0.05) is 32.0 Å². The highest BCUT2D eigenvalue weighted by Gasteiger charge is 2.39. The lowest BCUT2D eigenvalue weighted by atomic mass is 10.0. The molecule has 1 amide bonds. The molecule has 6 heteroatoms. The van der Waals surface area contributed by atoms with Crippen molar-refractivity contribution in [3.8, 4) is 0 Å². The molecule has 0 spiro atoms. The average Bonchev–Trinajstić information content (AvgIpc) is 3.18. The molecule has 128 valence electrons. The first-order chi connectivity index (χ1) is 11.0. The summed E-state index contributed by atoms with van der Waals surface area (Å²) in [5, 5.41) is 4.09. The van der Waals surface area contributed by atoms with E-state index in [0.717, 1.165) is 44.6 Å². The normalized spacial score (nSPS) is 25.7. The Labute approximate surface area is 138 Å². The number of nitrogens with zero attached hydrogens (tertiary/aromatic N) is 4. The molecule has 0 N–H and O–H groups in total. The van der Waals surface area contributed by atoms with Gasteiger partial charge in [-0.25, -0.2) is 0 Å². The highest BCUT2D eigenvalue weighted by Crippen LogP contribution is 2.30. The zero-order valence-corrected chi connectivity index (χ0v) is 14.5. The third-order valence-corrected chi connectivity index (χ3v) is 5.00. The highest BCUT2D eigenvalue weighted by molar-refractivity contribution is 5.74. The van der Waals surface area contributed by atoms with E-state index in [2.05, 4.69) is 33.8 Å². The molecule has 2 fully saturated rings. The number of aromatic nitrogens is 2. The van der Waals surface area contributed by atoms with Crippen molar-refractivity contribution < 1.29 is 9.32 Å². The van der Waals surface area contributed by atoms with Gasteiger partial charge in [0.1, 0.15) is 0 Å². The van der Waals surface area contributed by atoms with Gasteiger partial charge in [-0.2, -0.15) is 4.98 Å². The van der Waals surface area contributed by atoms with Crippen molar-refractivity contribution in [2.45, 2.75) is 71.5 Å². The Hall–Kier alpha value is -1.43. The maximum Gasteiger partial charge on any atom is 0.240 e. The molecule has 1 aromatic heterocycles. The van der Waals surface area contributed by atoms with Crippen LogP contribution in [0, 0.1) is 5.92 Å². The van der Waals surface area contributed by atoms with Crippen molar-refractivity contribution in [1.29, 1.82) is 0 Å². The van der Waals surface area contributed by atoms with E-state index in [1.54, 1.807) is 6.92 Å². The highest BCUT2D eigenvalue weighted by atomic mass is 16.5. The van der Waals surface area contributed by atoms with Gasteiger partial charge in [0.15, 0.2) is 5.82 Å². The summed E-state index contributed by atoms with van der Waals surface area (Å²) in [5.41, 5.74) is 0. The number of carbonyl (C=O) groups excluding carboxylic acids is 1. The van der Waals surface area contributed by atoms with Gasteiger partial charge in [-0.05, 0) is 38.1 Å². The van der Waals surface area contributed by atoms with E-state index < -0.39 is 0 Å². The van der Waals surface area contributed by atoms with Crippen LogP contribution in [-0.2, 0) is 17.8 Å². The molecule has 6 nitrogen and oxygen atoms in total. The van der Waals surface area contributed by atoms with E-state index in [-0.39, 0.29) is 5.91 Å². The Morgan fingerprint density at radius 2 is 2.00 bits per heavy atom. The van der Waals surface area contributed by atoms with Gasteiger partial charge < -0.3 is 9.42 Å². The Bertz CT molecular complexity index is 542. The fraction of sp³-hybridized carbons (Fsp3) is 0.824. The number of rotatable bonds is 5. The van der Waals surface area contributed by atoms with Crippen LogP contribution in [0.25, 0.3) is 0 Å². The predicted octanol–water partition coefficient (Wildman–Crippen LogP) is 2.24. The summed E-state index contributed by atoms with van der Waals surface area (Å²) in [6, 6.07) is 0.787. The second-order valence-corrected chi connectivity index (χ2v) is 7.30. The molecule has 0 aliphatic carbocycles. The lowest BCUT2D eigenvalue weighted by molar-refractivity contribution is -0.130. The molecular weight excluding hydrogens is 292 g/mol. The minimum Gasteiger partial charge on any atom is -0.338 e. The topological polar surface area (TPSA) is 62.5 Å². The monoisotopic (exact) mass is 320 g/mol. The summed E-state index contributed by atoms with van der Waals surface area (Å²) >= 11 is 0. The lowest BCUT2D eigenvalue weighted by Crippen LogP contribution is -2.47. The lowest BCUT2D eigenvalue weighted by Gasteiger charge is -2.33. The van der Waals surface area contributed by atoms with Crippen LogP contribution in [0.15, 0.2) is 4.52 Å². The van der Waals surface area contributed by atoms with Gasteiger partial charge in [0.25, 0.3) is 0 Å². The number of carbonyl (C=O) groups is 1. The molecule has 2 aliphatic heterocycles. The van der Waals surface area contributed by atoms with E-state index in [0.29, 0.717) is 30.4 Å². The van der Waals surface area contributed by atoms with Gasteiger partial charge in [-0.15, -0.1) is 0 Å². The molecule has 0 aromatic carbocycles. The van der Waals surface area contributed by atoms with Crippen LogP contribution < -0.4 is 0 Å². The largest absolute Gasteiger partial charge is 0.338 e. The Balaban J connectivity index is 1.65. The summed E-state index contributed by atoms with van der Waals surface area (Å²) in [4.78, 5) is 20.9. The first kappa shape index (κ1) is 16.4. The second-order valence-electron chi connectivity index (χ2n) is 7.30. The van der Waals surface area contributed by atoms with Gasteiger partial charge in [-0.1, -0.05) is 19.0 Å². The number of amides is 1. The van der Waals surface area contributed by atoms with Crippen LogP contribution >= 0.6 is 0 Å². The summed E-state index contributed by atoms with van der Waals surface area (Å²) in [6.07, 6.45) is 5.42. The minimum absolute atomic E-state index is 0.205. The zero-order chi connectivity index (χ0) is 16.4. The standard InChI is InChI=1S/C17H28N4O2/c1-12(2)10-16-18-17(23-19-16)11-20-8-4-6-14(20)15-7-5-9-21(15)13(3)22/h12,14-15H,4-11H2,1-3H3/t14-,15+/m0/s1. The van der Waals surface area contributed by atoms with Crippen molar-refractivity contribution in [1.82, 2.24) is 19.9 Å². The third-order valence-electron chi connectivity index (χ3n) is 5.00. The Kier molecular flexibility index (Phi) is 4.99. The minimum atomic E-state index is 0.205. The SMILES string of the molecule is CC(=O)N1CCC[C@@H]1[C@@H]1CCCN1Cc1nc(CC(C)C)no1. The van der Waals surface area contributed by atoms with Gasteiger partial charge >= 0.3 is 0 Å². The van der Waals surface area contributed by atoms with E-state index in [1.807, 2.05) is 0 Å². The van der Waals surface area contributed by atoms with Gasteiger partial charge in [0.2, 0.25) is 11.8 Å². The Morgan fingerprint density at radius 1 is 1.26 bits per heavy atom. The number of hydrogen-bond donors (Lipinski definition) is 0. The maximum atomic E-state index is 11.9.